The first-order chi connectivity index (χ1) is 4.00. The fourth-order valence-electron chi connectivity index (χ4n) is 0. The first-order valence-electron chi connectivity index (χ1n) is 3.41. The van der Waals surface area contributed by atoms with Crippen LogP contribution in [0.15, 0.2) is 0 Å². The molecule has 0 spiro atoms. The van der Waals surface area contributed by atoms with Crippen LogP contribution in [-0.4, -0.2) is 28.8 Å². The third kappa shape index (κ3) is 3500. The summed E-state index contributed by atoms with van der Waals surface area (Å²) in [6.07, 6.45) is 0. The molecule has 0 aliphatic carbocycles. The van der Waals surface area contributed by atoms with E-state index in [2.05, 4.69) is 0 Å². The molecule has 0 N–H and O–H groups in total. The van der Waals surface area contributed by atoms with Crippen molar-refractivity contribution in [2.75, 3.05) is 0 Å². The van der Waals surface area contributed by atoms with Gasteiger partial charge in [-0.25, -0.2) is 0 Å². The monoisotopic (exact) mass is 222 g/mol. The Kier molecular flexibility index (Phi) is 9.61. The van der Waals surface area contributed by atoms with Gasteiger partial charge in [0, 0.05) is 0 Å². The first kappa shape index (κ1) is 17.5. The molecule has 0 aromatic carbocycles. The van der Waals surface area contributed by atoms with Crippen molar-refractivity contribution in [2.24, 2.45) is 0 Å². The van der Waals surface area contributed by atoms with Crippen LogP contribution in [0.4, 0.5) is 0 Å². The van der Waals surface area contributed by atoms with Crippen LogP contribution in [0.25, 0.3) is 0 Å². The van der Waals surface area contributed by atoms with Crippen LogP contribution < -0.4 is 10.2 Å². The van der Waals surface area contributed by atoms with Gasteiger partial charge in [0.25, 0.3) is 0 Å². The summed E-state index contributed by atoms with van der Waals surface area (Å²) < 4.78 is 0. The van der Waals surface area contributed by atoms with Crippen molar-refractivity contribution >= 4 is 17.6 Å². The summed E-state index contributed by atoms with van der Waals surface area (Å²) >= 11 is 0. The Morgan fingerprint density at radius 3 is 0.636 bits per heavy atom. The third-order valence-corrected chi connectivity index (χ3v) is 0. The molecule has 0 bridgehead atoms. The molecule has 0 atom stereocenters. The number of hydrogen-bond acceptors (Lipinski definition) is 2. The summed E-state index contributed by atoms with van der Waals surface area (Å²) in [5.74, 6) is 0. The second-order valence-electron chi connectivity index (χ2n) is 4.22. The van der Waals surface area contributed by atoms with Crippen LogP contribution in [-0.2, 0) is 0 Å². The van der Waals surface area contributed by atoms with E-state index in [4.69, 9.17) is 0 Å². The maximum atomic E-state index is 10.1. The molecule has 0 radical (unpaired) electrons. The van der Waals surface area contributed by atoms with E-state index in [1.165, 1.54) is 0 Å². The molecule has 0 amide bonds. The second-order valence-corrected chi connectivity index (χ2v) is 4.22. The molecule has 0 aliphatic heterocycles. The van der Waals surface area contributed by atoms with Gasteiger partial charge in [0.15, 0.2) is 0 Å². The van der Waals surface area contributed by atoms with Crippen LogP contribution in [0, 0.1) is 0 Å². The van der Waals surface area contributed by atoms with Gasteiger partial charge in [-0.3, -0.25) is 0 Å². The van der Waals surface area contributed by atoms with Crippen LogP contribution in [0.2, 0.25) is 0 Å². The van der Waals surface area contributed by atoms with Crippen molar-refractivity contribution in [2.45, 2.75) is 52.7 Å². The Labute approximate surface area is 81.0 Å². The van der Waals surface area contributed by atoms with E-state index in [1.54, 1.807) is 41.5 Å². The van der Waals surface area contributed by atoms with Crippen molar-refractivity contribution < 1.29 is 10.2 Å². The molecule has 0 saturated carbocycles. The van der Waals surface area contributed by atoms with Crippen molar-refractivity contribution in [1.29, 1.82) is 0 Å². The second kappa shape index (κ2) is 6.03. The Balaban J connectivity index is -0.000000107. The average Bonchev–Trinajstić information content (AvgIpc) is 1.12. The van der Waals surface area contributed by atoms with E-state index in [1.807, 2.05) is 0 Å². The molecular formula is C8H20GeO2. The molecule has 0 saturated heterocycles. The quantitative estimate of drug-likeness (QED) is 0.511. The first-order valence-corrected chi connectivity index (χ1v) is 3.41. The molecule has 0 heterocycles. The summed E-state index contributed by atoms with van der Waals surface area (Å²) in [5, 5.41) is 20.2. The molecule has 0 aromatic heterocycles. The molecule has 0 fully saturated rings. The predicted octanol–water partition coefficient (Wildman–Crippen LogP) is -0.626. The predicted molar refractivity (Wildman–Crippen MR) is 48.1 cm³/mol. The standard InChI is InChI=1S/2C4H9O.GeH2/c2*1-4(2,3)5;/h2*1-3H3;1H2/q2*-1;+2. The van der Waals surface area contributed by atoms with E-state index in [0.717, 1.165) is 0 Å². The zero-order valence-corrected chi connectivity index (χ0v) is 11.5. The summed E-state index contributed by atoms with van der Waals surface area (Å²) in [6, 6.07) is 0. The van der Waals surface area contributed by atoms with E-state index in [0.29, 0.717) is 0 Å². The van der Waals surface area contributed by atoms with Gasteiger partial charge in [0.05, 0.1) is 0 Å². The van der Waals surface area contributed by atoms with Gasteiger partial charge < -0.3 is 10.2 Å². The number of rotatable bonds is 0. The Bertz CT molecular complexity index is 55.1. The molecular weight excluding hydrogens is 201 g/mol. The topological polar surface area (TPSA) is 46.1 Å². The average molecular weight is 221 g/mol. The summed E-state index contributed by atoms with van der Waals surface area (Å²) in [6.45, 7) is 9.79. The van der Waals surface area contributed by atoms with Crippen LogP contribution in [0.5, 0.6) is 0 Å². The van der Waals surface area contributed by atoms with Crippen molar-refractivity contribution in [3.63, 3.8) is 0 Å². The zero-order valence-electron chi connectivity index (χ0n) is 8.52. The molecule has 68 valence electrons. The Morgan fingerprint density at radius 1 is 0.636 bits per heavy atom. The third-order valence-electron chi connectivity index (χ3n) is 0. The van der Waals surface area contributed by atoms with Crippen LogP contribution in [0.3, 0.4) is 0 Å². The van der Waals surface area contributed by atoms with E-state index < -0.39 is 11.2 Å². The fraction of sp³-hybridized carbons (Fsp3) is 1.00. The minimum atomic E-state index is -0.750. The Morgan fingerprint density at radius 2 is 0.636 bits per heavy atom. The molecule has 3 heteroatoms. The zero-order chi connectivity index (χ0) is 9.00. The SMILES string of the molecule is CC(C)(C)[O-].CC(C)(C)[O-].[GeH2+2]. The normalized spacial score (nSPS) is 10.9. The number of hydrogen-bond donors (Lipinski definition) is 0. The van der Waals surface area contributed by atoms with Gasteiger partial charge in [0.2, 0.25) is 0 Å². The molecule has 2 nitrogen and oxygen atoms in total. The van der Waals surface area contributed by atoms with Crippen LogP contribution in [0.1, 0.15) is 41.5 Å². The van der Waals surface area contributed by atoms with Gasteiger partial charge in [-0.1, -0.05) is 41.5 Å². The Hall–Kier alpha value is 0.463. The van der Waals surface area contributed by atoms with Crippen molar-refractivity contribution in [3.8, 4) is 0 Å². The summed E-state index contributed by atoms with van der Waals surface area (Å²) in [4.78, 5) is 0. The molecule has 0 unspecified atom stereocenters. The molecule has 0 rings (SSSR count). The molecule has 0 aromatic rings. The van der Waals surface area contributed by atoms with Gasteiger partial charge in [-0.2, -0.15) is 0 Å². The summed E-state index contributed by atoms with van der Waals surface area (Å²) in [5.41, 5.74) is -1.50. The van der Waals surface area contributed by atoms with Gasteiger partial charge in [0.1, 0.15) is 0 Å². The van der Waals surface area contributed by atoms with Gasteiger partial charge >= 0.3 is 17.6 Å². The van der Waals surface area contributed by atoms with Crippen molar-refractivity contribution in [1.82, 2.24) is 0 Å². The maximum absolute atomic E-state index is 10.1. The van der Waals surface area contributed by atoms with Crippen molar-refractivity contribution in [3.05, 3.63) is 0 Å². The van der Waals surface area contributed by atoms with E-state index >= 15 is 0 Å². The molecule has 11 heavy (non-hydrogen) atoms. The van der Waals surface area contributed by atoms with Gasteiger partial charge in [-0.15, -0.1) is 11.2 Å². The van der Waals surface area contributed by atoms with Gasteiger partial charge in [-0.05, 0) is 0 Å². The van der Waals surface area contributed by atoms with E-state index in [9.17, 15) is 10.2 Å². The minimum absolute atomic E-state index is 0. The summed E-state index contributed by atoms with van der Waals surface area (Å²) in [7, 11) is 0. The van der Waals surface area contributed by atoms with E-state index in [-0.39, 0.29) is 17.6 Å². The molecule has 0 aliphatic rings. The van der Waals surface area contributed by atoms with Crippen LogP contribution >= 0.6 is 0 Å². The fourth-order valence-corrected chi connectivity index (χ4v) is 0.